The number of hydrogen-bond acceptors (Lipinski definition) is 11. The van der Waals surface area contributed by atoms with Crippen LogP contribution in [-0.4, -0.2) is 59.2 Å². The number of nitrogens with two attached hydrogens (primary N) is 1. The van der Waals surface area contributed by atoms with E-state index in [2.05, 4.69) is 19.9 Å². The number of esters is 1. The topological polar surface area (TPSA) is 142 Å². The molecule has 0 saturated carbocycles. The standard InChI is InChI=1S/C28H24N6O5S2/c1-16-12-22(41-15-19-14-40-21-13-20(35)33(21)23(19)26(36)39-29)34-28(30-16)31-25(32-34)27(37)38-24(17-8-4-2-5-9-17)18-10-6-3-7-11-18/h2-12,21,24H,13-15,29H2,1H3. The summed E-state index contributed by atoms with van der Waals surface area (Å²) in [6.07, 6.45) is -0.270. The van der Waals surface area contributed by atoms with Crippen LogP contribution in [0.3, 0.4) is 0 Å². The Hall–Kier alpha value is -4.20. The average Bonchev–Trinajstić information content (AvgIpc) is 3.43. The van der Waals surface area contributed by atoms with Crippen LogP contribution in [0.25, 0.3) is 5.78 Å². The highest BCUT2D eigenvalue weighted by Gasteiger charge is 2.45. The van der Waals surface area contributed by atoms with Crippen molar-refractivity contribution in [2.75, 3.05) is 11.5 Å². The van der Waals surface area contributed by atoms with Crippen LogP contribution in [0.2, 0.25) is 0 Å². The van der Waals surface area contributed by atoms with Gasteiger partial charge in [-0.25, -0.2) is 14.6 Å². The van der Waals surface area contributed by atoms with Crippen molar-refractivity contribution < 1.29 is 24.0 Å². The molecule has 11 nitrogen and oxygen atoms in total. The van der Waals surface area contributed by atoms with Crippen LogP contribution < -0.4 is 5.90 Å². The van der Waals surface area contributed by atoms with Crippen molar-refractivity contribution in [3.8, 4) is 0 Å². The summed E-state index contributed by atoms with van der Waals surface area (Å²) in [6.45, 7) is 1.81. The van der Waals surface area contributed by atoms with Gasteiger partial charge in [0.25, 0.3) is 11.6 Å². The van der Waals surface area contributed by atoms with Crippen LogP contribution in [0.5, 0.6) is 0 Å². The fourth-order valence-corrected chi connectivity index (χ4v) is 7.14. The van der Waals surface area contributed by atoms with E-state index in [0.717, 1.165) is 16.7 Å². The molecule has 1 saturated heterocycles. The molecule has 0 spiro atoms. The Morgan fingerprint density at radius 1 is 1.07 bits per heavy atom. The number of nitrogens with zero attached hydrogens (tertiary/aromatic N) is 5. The zero-order valence-electron chi connectivity index (χ0n) is 21.8. The lowest BCUT2D eigenvalue weighted by Crippen LogP contribution is -2.54. The molecule has 2 N–H and O–H groups in total. The van der Waals surface area contributed by atoms with E-state index in [9.17, 15) is 14.4 Å². The first kappa shape index (κ1) is 27.0. The Kier molecular flexibility index (Phi) is 7.47. The molecule has 13 heteroatoms. The molecule has 1 amide bonds. The molecule has 208 valence electrons. The zero-order valence-corrected chi connectivity index (χ0v) is 23.4. The van der Waals surface area contributed by atoms with Crippen molar-refractivity contribution in [1.29, 1.82) is 0 Å². The van der Waals surface area contributed by atoms with Crippen molar-refractivity contribution >= 4 is 47.1 Å². The van der Waals surface area contributed by atoms with Gasteiger partial charge in [-0.15, -0.1) is 28.6 Å². The van der Waals surface area contributed by atoms with Crippen LogP contribution in [0, 0.1) is 6.92 Å². The minimum atomic E-state index is -0.743. The van der Waals surface area contributed by atoms with Crippen molar-refractivity contribution in [1.82, 2.24) is 24.5 Å². The van der Waals surface area contributed by atoms with Crippen molar-refractivity contribution in [3.05, 3.63) is 101 Å². The third kappa shape index (κ3) is 5.31. The van der Waals surface area contributed by atoms with E-state index in [1.54, 1.807) is 11.8 Å². The lowest BCUT2D eigenvalue weighted by molar-refractivity contribution is -0.149. The molecule has 2 aromatic carbocycles. The summed E-state index contributed by atoms with van der Waals surface area (Å²) >= 11 is 2.96. The summed E-state index contributed by atoms with van der Waals surface area (Å²) < 4.78 is 7.41. The lowest BCUT2D eigenvalue weighted by Gasteiger charge is -2.44. The third-order valence-corrected chi connectivity index (χ3v) is 9.00. The molecule has 0 aliphatic carbocycles. The lowest BCUT2D eigenvalue weighted by atomic mass is 10.0. The maximum atomic E-state index is 13.3. The maximum Gasteiger partial charge on any atom is 0.379 e. The highest BCUT2D eigenvalue weighted by Crippen LogP contribution is 2.41. The van der Waals surface area contributed by atoms with Gasteiger partial charge in [-0.2, -0.15) is 15.4 Å². The van der Waals surface area contributed by atoms with Gasteiger partial charge in [0.15, 0.2) is 6.10 Å². The number of amides is 1. The number of aromatic nitrogens is 4. The molecule has 41 heavy (non-hydrogen) atoms. The second-order valence-corrected chi connectivity index (χ2v) is 11.5. The minimum absolute atomic E-state index is 0.0836. The Bertz CT molecular complexity index is 1640. The summed E-state index contributed by atoms with van der Waals surface area (Å²) in [5, 5.41) is 4.99. The first-order valence-corrected chi connectivity index (χ1v) is 14.7. The van der Waals surface area contributed by atoms with Crippen LogP contribution in [0.4, 0.5) is 0 Å². The van der Waals surface area contributed by atoms with Crippen LogP contribution >= 0.6 is 23.5 Å². The monoisotopic (exact) mass is 588 g/mol. The molecule has 1 atom stereocenters. The molecule has 1 fully saturated rings. The highest BCUT2D eigenvalue weighted by molar-refractivity contribution is 8.01. The summed E-state index contributed by atoms with van der Waals surface area (Å²) in [5.41, 5.74) is 3.21. The Balaban J connectivity index is 1.28. The van der Waals surface area contributed by atoms with Crippen LogP contribution in [0.1, 0.15) is 40.0 Å². The number of carbonyl (C=O) groups is 3. The van der Waals surface area contributed by atoms with Gasteiger partial charge in [-0.1, -0.05) is 60.7 Å². The van der Waals surface area contributed by atoms with Crippen molar-refractivity contribution in [2.24, 2.45) is 5.90 Å². The molecule has 6 rings (SSSR count). The quantitative estimate of drug-likeness (QED) is 0.106. The first-order valence-electron chi connectivity index (χ1n) is 12.7. The van der Waals surface area contributed by atoms with E-state index in [0.29, 0.717) is 28.6 Å². The van der Waals surface area contributed by atoms with Crippen LogP contribution in [-0.2, 0) is 19.2 Å². The SMILES string of the molecule is Cc1cc(SCC2=C(C(=O)ON)N3C(=O)CC3SC2)n2nc(C(=O)OC(c3ccccc3)c3ccccc3)nc2n1. The molecule has 2 aliphatic rings. The van der Waals surface area contributed by atoms with E-state index >= 15 is 0 Å². The Morgan fingerprint density at radius 2 is 1.76 bits per heavy atom. The largest absolute Gasteiger partial charge is 0.447 e. The van der Waals surface area contributed by atoms with E-state index in [1.807, 2.05) is 73.7 Å². The highest BCUT2D eigenvalue weighted by atomic mass is 32.2. The first-order chi connectivity index (χ1) is 19.9. The molecule has 0 radical (unpaired) electrons. The Labute approximate surface area is 243 Å². The number of carbonyl (C=O) groups excluding carboxylic acids is 3. The molecule has 1 unspecified atom stereocenters. The molecule has 2 aromatic heterocycles. The number of ether oxygens (including phenoxy) is 1. The second-order valence-electron chi connectivity index (χ2n) is 9.37. The van der Waals surface area contributed by atoms with Crippen molar-refractivity contribution in [3.63, 3.8) is 0 Å². The van der Waals surface area contributed by atoms with Gasteiger partial charge in [0.1, 0.15) is 10.7 Å². The van der Waals surface area contributed by atoms with Gasteiger partial charge in [-0.05, 0) is 29.7 Å². The Morgan fingerprint density at radius 3 is 2.39 bits per heavy atom. The molecular formula is C28H24N6O5S2. The minimum Gasteiger partial charge on any atom is -0.447 e. The van der Waals surface area contributed by atoms with Crippen molar-refractivity contribution in [2.45, 2.75) is 29.8 Å². The van der Waals surface area contributed by atoms with E-state index in [1.165, 1.54) is 21.2 Å². The zero-order chi connectivity index (χ0) is 28.5. The van der Waals surface area contributed by atoms with Gasteiger partial charge in [0.05, 0.1) is 11.8 Å². The van der Waals surface area contributed by atoms with Gasteiger partial charge in [0.2, 0.25) is 5.91 Å². The maximum absolute atomic E-state index is 13.3. The van der Waals surface area contributed by atoms with Gasteiger partial charge < -0.3 is 9.57 Å². The van der Waals surface area contributed by atoms with E-state index < -0.39 is 18.0 Å². The predicted octanol–water partition coefficient (Wildman–Crippen LogP) is 3.45. The molecule has 4 aromatic rings. The number of β-lactam (4-membered cyclic amide) rings is 1. The molecule has 2 aliphatic heterocycles. The average molecular weight is 589 g/mol. The number of thioether (sulfide) groups is 2. The summed E-state index contributed by atoms with van der Waals surface area (Å²) in [6, 6.07) is 20.7. The van der Waals surface area contributed by atoms with Gasteiger partial charge in [0, 0.05) is 17.2 Å². The number of aryl methyl sites for hydroxylation is 1. The molecule has 4 heterocycles. The summed E-state index contributed by atoms with van der Waals surface area (Å²) in [7, 11) is 0. The van der Waals surface area contributed by atoms with E-state index in [-0.39, 0.29) is 28.6 Å². The van der Waals surface area contributed by atoms with Gasteiger partial charge >= 0.3 is 11.9 Å². The predicted molar refractivity (Wildman–Crippen MR) is 151 cm³/mol. The van der Waals surface area contributed by atoms with Gasteiger partial charge in [-0.3, -0.25) is 9.69 Å². The summed E-state index contributed by atoms with van der Waals surface area (Å²) in [4.78, 5) is 52.7. The number of rotatable bonds is 8. The fourth-order valence-electron chi connectivity index (χ4n) is 4.68. The third-order valence-electron chi connectivity index (χ3n) is 6.65. The normalized spacial score (nSPS) is 16.5. The van der Waals surface area contributed by atoms with Crippen LogP contribution in [0.15, 0.2) is 83.0 Å². The number of benzene rings is 2. The van der Waals surface area contributed by atoms with E-state index in [4.69, 9.17) is 10.6 Å². The number of hydrogen-bond donors (Lipinski definition) is 1. The molecule has 0 bridgehead atoms. The number of fused-ring (bicyclic) bond motifs is 2. The second kappa shape index (κ2) is 11.4. The fraction of sp³-hybridized carbons (Fsp3) is 0.214. The smallest absolute Gasteiger partial charge is 0.379 e. The molecular weight excluding hydrogens is 564 g/mol. The summed E-state index contributed by atoms with van der Waals surface area (Å²) in [5.74, 6) is 4.61.